The Hall–Kier alpha value is -0.570. The molecule has 3 rings (SSSR count). The summed E-state index contributed by atoms with van der Waals surface area (Å²) in [6, 6.07) is 0.531. The molecular formula is C15H26N2O. The molecule has 1 heterocycles. The van der Waals surface area contributed by atoms with Crippen molar-refractivity contribution in [2.24, 2.45) is 17.8 Å². The highest BCUT2D eigenvalue weighted by Crippen LogP contribution is 2.50. The first kappa shape index (κ1) is 12.5. The van der Waals surface area contributed by atoms with Crippen molar-refractivity contribution < 1.29 is 4.79 Å². The van der Waals surface area contributed by atoms with Crippen molar-refractivity contribution in [3.63, 3.8) is 0 Å². The van der Waals surface area contributed by atoms with Gasteiger partial charge in [0, 0.05) is 12.6 Å². The van der Waals surface area contributed by atoms with Crippen molar-refractivity contribution in [2.75, 3.05) is 13.6 Å². The lowest BCUT2D eigenvalue weighted by Crippen LogP contribution is -2.54. The summed E-state index contributed by atoms with van der Waals surface area (Å²) in [4.78, 5) is 14.6. The van der Waals surface area contributed by atoms with Crippen molar-refractivity contribution >= 4 is 5.91 Å². The molecule has 5 atom stereocenters. The smallest absolute Gasteiger partial charge is 0.239 e. The SMILES string of the molecule is CNC1CCCN(C(C)C2CC3CCC2C3)C1=O. The van der Waals surface area contributed by atoms with Crippen molar-refractivity contribution in [3.8, 4) is 0 Å². The molecule has 3 fully saturated rings. The second-order valence-corrected chi connectivity index (χ2v) is 6.59. The summed E-state index contributed by atoms with van der Waals surface area (Å²) in [5.41, 5.74) is 0. The number of nitrogens with zero attached hydrogens (tertiary/aromatic N) is 1. The fourth-order valence-electron chi connectivity index (χ4n) is 4.69. The number of amides is 1. The summed E-state index contributed by atoms with van der Waals surface area (Å²) in [5, 5.41) is 3.17. The normalized spacial score (nSPS) is 41.4. The van der Waals surface area contributed by atoms with Gasteiger partial charge in [0.15, 0.2) is 0 Å². The van der Waals surface area contributed by atoms with Crippen LogP contribution in [0.1, 0.15) is 45.4 Å². The number of fused-ring (bicyclic) bond motifs is 2. The zero-order valence-electron chi connectivity index (χ0n) is 11.7. The van der Waals surface area contributed by atoms with E-state index in [1.807, 2.05) is 7.05 Å². The summed E-state index contributed by atoms with van der Waals surface area (Å²) in [6.07, 6.45) is 7.84. The average molecular weight is 250 g/mol. The Morgan fingerprint density at radius 3 is 2.72 bits per heavy atom. The number of likely N-dealkylation sites (tertiary alicyclic amines) is 1. The molecule has 3 aliphatic rings. The molecule has 3 heteroatoms. The van der Waals surface area contributed by atoms with Gasteiger partial charge in [-0.2, -0.15) is 0 Å². The molecule has 2 aliphatic carbocycles. The van der Waals surface area contributed by atoms with Crippen LogP contribution in [0.4, 0.5) is 0 Å². The van der Waals surface area contributed by atoms with Gasteiger partial charge < -0.3 is 10.2 Å². The molecule has 0 aromatic rings. The zero-order valence-corrected chi connectivity index (χ0v) is 11.7. The first-order chi connectivity index (χ1) is 8.70. The van der Waals surface area contributed by atoms with Gasteiger partial charge in [-0.05, 0) is 63.8 Å². The standard InChI is InChI=1S/C15H26N2O/c1-10(13-9-11-5-6-12(13)8-11)17-7-3-4-14(16-2)15(17)18/h10-14,16H,3-9H2,1-2H3. The summed E-state index contributed by atoms with van der Waals surface area (Å²) in [6.45, 7) is 3.27. The van der Waals surface area contributed by atoms with E-state index in [1.165, 1.54) is 25.7 Å². The molecule has 1 aliphatic heterocycles. The lowest BCUT2D eigenvalue weighted by Gasteiger charge is -2.41. The Labute approximate surface area is 110 Å². The van der Waals surface area contributed by atoms with Gasteiger partial charge >= 0.3 is 0 Å². The van der Waals surface area contributed by atoms with E-state index in [9.17, 15) is 4.79 Å². The molecule has 0 spiro atoms. The molecule has 0 radical (unpaired) electrons. The summed E-state index contributed by atoms with van der Waals surface area (Å²) < 4.78 is 0. The maximum Gasteiger partial charge on any atom is 0.239 e. The van der Waals surface area contributed by atoms with Crippen LogP contribution >= 0.6 is 0 Å². The van der Waals surface area contributed by atoms with Crippen LogP contribution in [0.5, 0.6) is 0 Å². The minimum Gasteiger partial charge on any atom is -0.338 e. The second-order valence-electron chi connectivity index (χ2n) is 6.59. The van der Waals surface area contributed by atoms with E-state index in [0.717, 1.165) is 37.1 Å². The highest BCUT2D eigenvalue weighted by Gasteiger charge is 2.44. The van der Waals surface area contributed by atoms with E-state index < -0.39 is 0 Å². The fourth-order valence-corrected chi connectivity index (χ4v) is 4.69. The first-order valence-corrected chi connectivity index (χ1v) is 7.68. The lowest BCUT2D eigenvalue weighted by molar-refractivity contribution is -0.139. The van der Waals surface area contributed by atoms with Gasteiger partial charge in [-0.15, -0.1) is 0 Å². The number of likely N-dealkylation sites (N-methyl/N-ethyl adjacent to an activating group) is 1. The molecule has 18 heavy (non-hydrogen) atoms. The van der Waals surface area contributed by atoms with Crippen LogP contribution in [-0.4, -0.2) is 36.5 Å². The van der Waals surface area contributed by atoms with E-state index >= 15 is 0 Å². The monoisotopic (exact) mass is 250 g/mol. The largest absolute Gasteiger partial charge is 0.338 e. The molecule has 0 aromatic heterocycles. The Morgan fingerprint density at radius 1 is 1.28 bits per heavy atom. The van der Waals surface area contributed by atoms with E-state index in [-0.39, 0.29) is 6.04 Å². The molecule has 3 nitrogen and oxygen atoms in total. The molecule has 5 unspecified atom stereocenters. The van der Waals surface area contributed by atoms with Gasteiger partial charge in [0.05, 0.1) is 6.04 Å². The second kappa shape index (κ2) is 4.84. The lowest BCUT2D eigenvalue weighted by atomic mass is 9.82. The summed E-state index contributed by atoms with van der Waals surface area (Å²) >= 11 is 0. The first-order valence-electron chi connectivity index (χ1n) is 7.68. The van der Waals surface area contributed by atoms with Crippen molar-refractivity contribution in [1.29, 1.82) is 0 Å². The van der Waals surface area contributed by atoms with E-state index in [2.05, 4.69) is 17.1 Å². The number of nitrogens with one attached hydrogen (secondary N) is 1. The van der Waals surface area contributed by atoms with Gasteiger partial charge in [-0.25, -0.2) is 0 Å². The van der Waals surface area contributed by atoms with Crippen molar-refractivity contribution in [3.05, 3.63) is 0 Å². The number of carbonyl (C=O) groups is 1. The van der Waals surface area contributed by atoms with Gasteiger partial charge in [0.1, 0.15) is 0 Å². The molecule has 102 valence electrons. The highest BCUT2D eigenvalue weighted by atomic mass is 16.2. The average Bonchev–Trinajstić information content (AvgIpc) is 3.00. The van der Waals surface area contributed by atoms with Gasteiger partial charge in [0.2, 0.25) is 5.91 Å². The predicted octanol–water partition coefficient (Wildman–Crippen LogP) is 2.02. The third-order valence-corrected chi connectivity index (χ3v) is 5.73. The minimum atomic E-state index is 0.0693. The molecule has 1 N–H and O–H groups in total. The van der Waals surface area contributed by atoms with Crippen molar-refractivity contribution in [1.82, 2.24) is 10.2 Å². The summed E-state index contributed by atoms with van der Waals surface area (Å²) in [7, 11) is 1.91. The minimum absolute atomic E-state index is 0.0693. The zero-order chi connectivity index (χ0) is 12.7. The van der Waals surface area contributed by atoms with Crippen LogP contribution in [0.3, 0.4) is 0 Å². The van der Waals surface area contributed by atoms with Gasteiger partial charge in [-0.1, -0.05) is 6.42 Å². The van der Waals surface area contributed by atoms with Crippen LogP contribution in [0, 0.1) is 17.8 Å². The van der Waals surface area contributed by atoms with Gasteiger partial charge in [0.25, 0.3) is 0 Å². The van der Waals surface area contributed by atoms with Crippen LogP contribution in [-0.2, 0) is 4.79 Å². The Bertz CT molecular complexity index is 330. The van der Waals surface area contributed by atoms with Crippen LogP contribution in [0.25, 0.3) is 0 Å². The van der Waals surface area contributed by atoms with Crippen LogP contribution in [0.15, 0.2) is 0 Å². The Balaban J connectivity index is 1.68. The van der Waals surface area contributed by atoms with Crippen molar-refractivity contribution in [2.45, 2.75) is 57.5 Å². The quantitative estimate of drug-likeness (QED) is 0.831. The van der Waals surface area contributed by atoms with E-state index in [1.54, 1.807) is 0 Å². The number of hydrogen-bond donors (Lipinski definition) is 1. The molecular weight excluding hydrogens is 224 g/mol. The number of rotatable bonds is 3. The predicted molar refractivity (Wildman–Crippen MR) is 72.2 cm³/mol. The van der Waals surface area contributed by atoms with Crippen LogP contribution in [0.2, 0.25) is 0 Å². The number of carbonyl (C=O) groups excluding carboxylic acids is 1. The van der Waals surface area contributed by atoms with E-state index in [4.69, 9.17) is 0 Å². The Kier molecular flexibility index (Phi) is 3.35. The molecule has 1 saturated heterocycles. The topological polar surface area (TPSA) is 32.3 Å². The maximum absolute atomic E-state index is 12.4. The summed E-state index contributed by atoms with van der Waals surface area (Å²) in [5.74, 6) is 3.01. The fraction of sp³-hybridized carbons (Fsp3) is 0.933. The maximum atomic E-state index is 12.4. The third kappa shape index (κ3) is 1.97. The molecule has 0 aromatic carbocycles. The molecule has 2 bridgehead atoms. The number of hydrogen-bond acceptors (Lipinski definition) is 2. The molecule has 2 saturated carbocycles. The van der Waals surface area contributed by atoms with Gasteiger partial charge in [-0.3, -0.25) is 4.79 Å². The highest BCUT2D eigenvalue weighted by molar-refractivity contribution is 5.82. The van der Waals surface area contributed by atoms with E-state index in [0.29, 0.717) is 11.9 Å². The van der Waals surface area contributed by atoms with Crippen LogP contribution < -0.4 is 5.32 Å². The Morgan fingerprint density at radius 2 is 2.11 bits per heavy atom. The number of piperidine rings is 1. The molecule has 1 amide bonds. The third-order valence-electron chi connectivity index (χ3n) is 5.73.